The van der Waals surface area contributed by atoms with E-state index in [-0.39, 0.29) is 32.1 Å². The summed E-state index contributed by atoms with van der Waals surface area (Å²) in [5.41, 5.74) is 2.68. The Labute approximate surface area is 270 Å². The number of anilines is 1. The number of halogens is 1. The molecule has 0 radical (unpaired) electrons. The molecule has 0 spiro atoms. The van der Waals surface area contributed by atoms with Crippen molar-refractivity contribution in [1.82, 2.24) is 15.0 Å². The molecular formula is C33H35FN4O9. The molecule has 13 nitrogen and oxygen atoms in total. The van der Waals surface area contributed by atoms with E-state index in [1.54, 1.807) is 36.4 Å². The number of morpholine rings is 1. The minimum atomic E-state index is -1.54. The number of cyclic esters (lactones) is 1. The van der Waals surface area contributed by atoms with Crippen LogP contribution < -0.4 is 9.64 Å². The van der Waals surface area contributed by atoms with Crippen LogP contribution in [-0.2, 0) is 25.5 Å². The van der Waals surface area contributed by atoms with Crippen molar-refractivity contribution in [1.29, 1.82) is 0 Å². The number of amides is 2. The molecule has 3 aromatic rings. The normalized spacial score (nSPS) is 19.2. The Morgan fingerprint density at radius 3 is 2.70 bits per heavy atom. The van der Waals surface area contributed by atoms with E-state index in [9.17, 15) is 19.5 Å². The second kappa shape index (κ2) is 14.8. The molecule has 14 heteroatoms. The number of hydrogen-bond donors (Lipinski definition) is 1. The summed E-state index contributed by atoms with van der Waals surface area (Å²) in [5, 5.41) is 14.1. The number of aliphatic hydroxyl groups is 1. The number of ether oxygens (including phenoxy) is 4. The molecule has 6 rings (SSSR count). The molecule has 2 amide bonds. The minimum absolute atomic E-state index is 0.0676. The van der Waals surface area contributed by atoms with Crippen molar-refractivity contribution in [2.75, 3.05) is 64.1 Å². The lowest BCUT2D eigenvalue weighted by atomic mass is 9.98. The highest BCUT2D eigenvalue weighted by molar-refractivity contribution is 5.91. The van der Waals surface area contributed by atoms with E-state index < -0.39 is 42.6 Å². The van der Waals surface area contributed by atoms with Gasteiger partial charge in [-0.15, -0.1) is 0 Å². The molecule has 3 aliphatic rings. The van der Waals surface area contributed by atoms with Crippen LogP contribution in [0.25, 0.3) is 5.57 Å². The Hall–Kier alpha value is -4.79. The highest BCUT2D eigenvalue weighted by Gasteiger charge is 2.34. The predicted molar refractivity (Wildman–Crippen MR) is 164 cm³/mol. The van der Waals surface area contributed by atoms with E-state index in [4.69, 9.17) is 23.5 Å². The first-order valence-corrected chi connectivity index (χ1v) is 15.4. The van der Waals surface area contributed by atoms with Crippen molar-refractivity contribution in [3.8, 4) is 5.88 Å². The minimum Gasteiger partial charge on any atom is -0.471 e. The zero-order valence-electron chi connectivity index (χ0n) is 25.6. The molecule has 47 heavy (non-hydrogen) atoms. The van der Waals surface area contributed by atoms with Crippen LogP contribution in [0.5, 0.6) is 5.88 Å². The molecule has 2 fully saturated rings. The van der Waals surface area contributed by atoms with Gasteiger partial charge in [-0.1, -0.05) is 18.2 Å². The quantitative estimate of drug-likeness (QED) is 0.306. The number of hydrogen-bond acceptors (Lipinski definition) is 11. The van der Waals surface area contributed by atoms with Crippen molar-refractivity contribution in [3.05, 3.63) is 83.4 Å². The summed E-state index contributed by atoms with van der Waals surface area (Å²) < 4.78 is 41.4. The fraction of sp³-hybridized carbons (Fsp3) is 0.394. The average molecular weight is 651 g/mol. The molecule has 0 saturated carbocycles. The molecule has 0 unspecified atom stereocenters. The number of aliphatic hydroxyl groups excluding tert-OH is 1. The van der Waals surface area contributed by atoms with Crippen molar-refractivity contribution in [2.24, 2.45) is 0 Å². The summed E-state index contributed by atoms with van der Waals surface area (Å²) in [5.74, 6) is -1.46. The lowest BCUT2D eigenvalue weighted by molar-refractivity contribution is -0.141. The lowest BCUT2D eigenvalue weighted by Crippen LogP contribution is -2.43. The largest absolute Gasteiger partial charge is 0.471 e. The second-order valence-corrected chi connectivity index (χ2v) is 11.4. The molecule has 2 saturated heterocycles. The van der Waals surface area contributed by atoms with Gasteiger partial charge < -0.3 is 33.5 Å². The van der Waals surface area contributed by atoms with Crippen molar-refractivity contribution in [2.45, 2.75) is 25.2 Å². The maximum Gasteiger partial charge on any atom is 0.414 e. The molecule has 4 heterocycles. The Morgan fingerprint density at radius 1 is 1.11 bits per heavy atom. The number of aromatic nitrogens is 1. The van der Waals surface area contributed by atoms with Gasteiger partial charge in [0.25, 0.3) is 11.8 Å². The number of nitrogens with zero attached hydrogens (tertiary/aromatic N) is 4. The summed E-state index contributed by atoms with van der Waals surface area (Å²) in [6, 6.07) is 13.1. The van der Waals surface area contributed by atoms with Crippen LogP contribution in [0.15, 0.2) is 65.4 Å². The number of carbonyl (C=O) groups is 3. The first kappa shape index (κ1) is 32.2. The van der Waals surface area contributed by atoms with E-state index in [0.717, 1.165) is 18.7 Å². The molecule has 1 aromatic heterocycles. The molecule has 2 aromatic carbocycles. The van der Waals surface area contributed by atoms with Gasteiger partial charge in [0, 0.05) is 44.4 Å². The zero-order chi connectivity index (χ0) is 32.8. The van der Waals surface area contributed by atoms with Gasteiger partial charge in [-0.3, -0.25) is 14.6 Å². The van der Waals surface area contributed by atoms with Crippen LogP contribution in [0.4, 0.5) is 14.9 Å². The number of esters is 1. The standard InChI is InChI=1S/C33H35FN4O9/c34-28-17-25(38-19-26(47-33(38)42)20-44-30-8-13-46-35-30)4-5-27(28)23-6-9-37(10-7-23)31(40)29(39)21-45-32(41)24-3-1-2-22(16-24)18-36-11-14-43-15-12-36/h1-6,8,13,16-17,26,29,39H,7,9-12,14-15,18-21H2/t26-,29+/m1/s1. The second-order valence-electron chi connectivity index (χ2n) is 11.4. The molecule has 2 atom stereocenters. The van der Waals surface area contributed by atoms with Gasteiger partial charge in [0.2, 0.25) is 0 Å². The predicted octanol–water partition coefficient (Wildman–Crippen LogP) is 2.88. The first-order chi connectivity index (χ1) is 22.8. The van der Waals surface area contributed by atoms with E-state index >= 15 is 4.39 Å². The number of benzene rings is 2. The summed E-state index contributed by atoms with van der Waals surface area (Å²) >= 11 is 0. The maximum absolute atomic E-state index is 15.2. The molecule has 0 aliphatic carbocycles. The third-order valence-corrected chi connectivity index (χ3v) is 8.17. The molecule has 3 aliphatic heterocycles. The third kappa shape index (κ3) is 7.96. The van der Waals surface area contributed by atoms with Crippen LogP contribution in [0.3, 0.4) is 0 Å². The SMILES string of the molecule is O=C(OC[C@H](O)C(=O)N1CC=C(c2ccc(N3C[C@H](COc4ccon4)OC3=O)cc2F)CC1)c1cccc(CN2CCOCC2)c1. The number of carbonyl (C=O) groups excluding carboxylic acids is 3. The fourth-order valence-corrected chi connectivity index (χ4v) is 5.65. The highest BCUT2D eigenvalue weighted by Crippen LogP contribution is 2.30. The van der Waals surface area contributed by atoms with Crippen LogP contribution in [0.1, 0.15) is 27.9 Å². The molecule has 248 valence electrons. The maximum atomic E-state index is 15.2. The Kier molecular flexibility index (Phi) is 10.1. The lowest BCUT2D eigenvalue weighted by Gasteiger charge is -2.28. The van der Waals surface area contributed by atoms with E-state index in [1.165, 1.54) is 28.2 Å². The highest BCUT2D eigenvalue weighted by atomic mass is 19.1. The molecular weight excluding hydrogens is 615 g/mol. The summed E-state index contributed by atoms with van der Waals surface area (Å²) in [7, 11) is 0. The van der Waals surface area contributed by atoms with Crippen LogP contribution >= 0.6 is 0 Å². The topological polar surface area (TPSA) is 144 Å². The summed E-state index contributed by atoms with van der Waals surface area (Å²) in [6.45, 7) is 3.81. The Bertz CT molecular complexity index is 1610. The van der Waals surface area contributed by atoms with Crippen LogP contribution in [-0.4, -0.2) is 109 Å². The van der Waals surface area contributed by atoms with Gasteiger partial charge in [-0.05, 0) is 53.0 Å². The average Bonchev–Trinajstić information content (AvgIpc) is 3.76. The van der Waals surface area contributed by atoms with Gasteiger partial charge in [-0.25, -0.2) is 14.0 Å². The Balaban J connectivity index is 0.982. The zero-order valence-corrected chi connectivity index (χ0v) is 25.6. The molecule has 1 N–H and O–H groups in total. The van der Waals surface area contributed by atoms with Gasteiger partial charge in [0.1, 0.15) is 25.3 Å². The van der Waals surface area contributed by atoms with Crippen molar-refractivity contribution < 1.29 is 47.4 Å². The van der Waals surface area contributed by atoms with E-state index in [1.807, 2.05) is 6.07 Å². The van der Waals surface area contributed by atoms with Gasteiger partial charge in [0.15, 0.2) is 12.2 Å². The third-order valence-electron chi connectivity index (χ3n) is 8.17. The first-order valence-electron chi connectivity index (χ1n) is 15.4. The molecule has 0 bridgehead atoms. The Morgan fingerprint density at radius 2 is 1.96 bits per heavy atom. The van der Waals surface area contributed by atoms with Crippen LogP contribution in [0.2, 0.25) is 0 Å². The van der Waals surface area contributed by atoms with Crippen molar-refractivity contribution >= 4 is 29.2 Å². The summed E-state index contributed by atoms with van der Waals surface area (Å²) in [4.78, 5) is 43.0. The van der Waals surface area contributed by atoms with E-state index in [0.29, 0.717) is 48.6 Å². The van der Waals surface area contributed by atoms with Gasteiger partial charge in [0.05, 0.1) is 31.0 Å². The van der Waals surface area contributed by atoms with Crippen molar-refractivity contribution in [3.63, 3.8) is 0 Å². The van der Waals surface area contributed by atoms with E-state index in [2.05, 4.69) is 10.1 Å². The number of rotatable bonds is 11. The summed E-state index contributed by atoms with van der Waals surface area (Å²) in [6.07, 6.45) is 0.714. The van der Waals surface area contributed by atoms with Gasteiger partial charge in [-0.2, -0.15) is 0 Å². The monoisotopic (exact) mass is 650 g/mol. The van der Waals surface area contributed by atoms with Crippen LogP contribution in [0, 0.1) is 5.82 Å². The smallest absolute Gasteiger partial charge is 0.414 e. The fourth-order valence-electron chi connectivity index (χ4n) is 5.65. The van der Waals surface area contributed by atoms with Gasteiger partial charge >= 0.3 is 12.1 Å².